The zero-order valence-corrected chi connectivity index (χ0v) is 11.0. The third-order valence-corrected chi connectivity index (χ3v) is 2.68. The largest absolute Gasteiger partial charge is 0.468 e. The smallest absolute Gasteiger partial charge is 0.416 e. The first-order valence-electron chi connectivity index (χ1n) is 5.51. The second-order valence-electron chi connectivity index (χ2n) is 3.88. The van der Waals surface area contributed by atoms with E-state index < -0.39 is 35.3 Å². The number of halogens is 3. The van der Waals surface area contributed by atoms with Crippen LogP contribution in [0.5, 0.6) is 0 Å². The van der Waals surface area contributed by atoms with Gasteiger partial charge in [-0.2, -0.15) is 13.2 Å². The van der Waals surface area contributed by atoms with Gasteiger partial charge < -0.3 is 9.47 Å². The van der Waals surface area contributed by atoms with Crippen LogP contribution in [0, 0.1) is 4.91 Å². The summed E-state index contributed by atoms with van der Waals surface area (Å²) in [4.78, 5) is 34.0. The highest BCUT2D eigenvalue weighted by Crippen LogP contribution is 2.33. The Hall–Kier alpha value is -2.45. The van der Waals surface area contributed by atoms with E-state index in [1.54, 1.807) is 0 Å². The molecule has 1 N–H and O–H groups in total. The Morgan fingerprint density at radius 1 is 1.14 bits per heavy atom. The van der Waals surface area contributed by atoms with Crippen molar-refractivity contribution in [2.45, 2.75) is 12.1 Å². The quantitative estimate of drug-likeness (QED) is 0.651. The van der Waals surface area contributed by atoms with Crippen molar-refractivity contribution in [1.82, 2.24) is 0 Å². The number of nitroso groups, excluding NO2 is 1. The molecule has 1 aromatic carbocycles. The fourth-order valence-corrected chi connectivity index (χ4v) is 1.66. The summed E-state index contributed by atoms with van der Waals surface area (Å²) < 4.78 is 46.5. The highest BCUT2D eigenvalue weighted by molar-refractivity contribution is 6.01. The van der Waals surface area contributed by atoms with Gasteiger partial charge in [0, 0.05) is 16.2 Å². The van der Waals surface area contributed by atoms with Crippen LogP contribution in [0.15, 0.2) is 18.2 Å². The summed E-state index contributed by atoms with van der Waals surface area (Å²) in [5.74, 6) is -3.77. The summed E-state index contributed by atoms with van der Waals surface area (Å²) >= 11 is 0. The lowest BCUT2D eigenvalue weighted by Gasteiger charge is -2.13. The SMILES string of the molecule is COC(=O)C(C(=O)OC)c1ccc(C(F)(F)F)cc1[NH+]=O. The summed E-state index contributed by atoms with van der Waals surface area (Å²) in [6.07, 6.45) is -4.67. The average Bonchev–Trinajstić information content (AvgIpc) is 2.45. The molecule has 0 aliphatic carbocycles. The van der Waals surface area contributed by atoms with Crippen molar-refractivity contribution < 1.29 is 37.4 Å². The predicted octanol–water partition coefficient (Wildman–Crippen LogP) is 0.613. The minimum atomic E-state index is -4.67. The second kappa shape index (κ2) is 6.33. The van der Waals surface area contributed by atoms with Crippen LogP contribution in [-0.4, -0.2) is 26.2 Å². The van der Waals surface area contributed by atoms with E-state index in [1.807, 2.05) is 0 Å². The predicted molar refractivity (Wildman–Crippen MR) is 62.2 cm³/mol. The van der Waals surface area contributed by atoms with Crippen molar-refractivity contribution in [3.8, 4) is 0 Å². The molecule has 1 aromatic rings. The van der Waals surface area contributed by atoms with E-state index in [0.29, 0.717) is 12.1 Å². The Labute approximate surface area is 116 Å². The lowest BCUT2D eigenvalue weighted by atomic mass is 9.96. The minimum Gasteiger partial charge on any atom is -0.468 e. The zero-order chi connectivity index (χ0) is 16.2. The van der Waals surface area contributed by atoms with Crippen molar-refractivity contribution in [1.29, 1.82) is 0 Å². The van der Waals surface area contributed by atoms with Gasteiger partial charge in [0.2, 0.25) is 0 Å². The first-order chi connectivity index (χ1) is 9.76. The molecule has 0 unspecified atom stereocenters. The van der Waals surface area contributed by atoms with E-state index >= 15 is 0 Å². The first-order valence-corrected chi connectivity index (χ1v) is 5.51. The van der Waals surface area contributed by atoms with Crippen LogP contribution in [0.3, 0.4) is 0 Å². The van der Waals surface area contributed by atoms with Gasteiger partial charge >= 0.3 is 18.1 Å². The molecule has 0 fully saturated rings. The fourth-order valence-electron chi connectivity index (χ4n) is 1.66. The number of hydrogen-bond donors (Lipinski definition) is 1. The summed E-state index contributed by atoms with van der Waals surface area (Å²) in [5.41, 5.74) is -1.93. The Bertz CT molecular complexity index is 555. The standard InChI is InChI=1S/C12H10F3NO5/c1-20-10(17)9(11(18)21-2)7-4-3-6(12(13,14)15)5-8(7)16-19/h3-5,9H,1-2H3/p+1. The van der Waals surface area contributed by atoms with Gasteiger partial charge in [0.1, 0.15) is 0 Å². The summed E-state index contributed by atoms with van der Waals surface area (Å²) in [7, 11) is 1.99. The zero-order valence-electron chi connectivity index (χ0n) is 11.0. The Balaban J connectivity index is 3.42. The molecule has 114 valence electrons. The minimum absolute atomic E-state index is 0.267. The molecule has 6 nitrogen and oxygen atoms in total. The topological polar surface area (TPSA) is 83.6 Å². The highest BCUT2D eigenvalue weighted by Gasteiger charge is 2.38. The Morgan fingerprint density at radius 2 is 1.67 bits per heavy atom. The molecule has 0 saturated heterocycles. The molecule has 0 aliphatic heterocycles. The van der Waals surface area contributed by atoms with E-state index in [2.05, 4.69) is 9.47 Å². The highest BCUT2D eigenvalue weighted by atomic mass is 19.4. The molecular formula is C12H11F3NO5+. The molecule has 9 heteroatoms. The fraction of sp³-hybridized carbons (Fsp3) is 0.333. The number of carbonyl (C=O) groups is 2. The molecule has 0 spiro atoms. The number of ether oxygens (including phenoxy) is 2. The van der Waals surface area contributed by atoms with Gasteiger partial charge in [-0.15, -0.1) is 0 Å². The molecular weight excluding hydrogens is 295 g/mol. The third-order valence-electron chi connectivity index (χ3n) is 2.68. The van der Waals surface area contributed by atoms with Crippen LogP contribution in [0.2, 0.25) is 0 Å². The number of methoxy groups -OCH3 is 2. The molecule has 0 amide bonds. The molecule has 0 saturated carbocycles. The van der Waals surface area contributed by atoms with Gasteiger partial charge in [-0.1, -0.05) is 6.07 Å². The number of nitrogens with one attached hydrogen (secondary N) is 1. The average molecular weight is 306 g/mol. The maximum atomic E-state index is 12.6. The number of alkyl halides is 3. The van der Waals surface area contributed by atoms with Crippen LogP contribution in [0.25, 0.3) is 0 Å². The molecule has 0 atom stereocenters. The van der Waals surface area contributed by atoms with Gasteiger partial charge in [0.15, 0.2) is 5.92 Å². The molecule has 21 heavy (non-hydrogen) atoms. The number of rotatable bonds is 4. The van der Waals surface area contributed by atoms with Crippen LogP contribution < -0.4 is 5.18 Å². The van der Waals surface area contributed by atoms with E-state index in [-0.39, 0.29) is 5.56 Å². The van der Waals surface area contributed by atoms with Gasteiger partial charge in [-0.25, -0.2) is 0 Å². The van der Waals surface area contributed by atoms with Crippen molar-refractivity contribution >= 4 is 17.6 Å². The van der Waals surface area contributed by atoms with Crippen molar-refractivity contribution in [2.75, 3.05) is 14.2 Å². The summed E-state index contributed by atoms with van der Waals surface area (Å²) in [6.45, 7) is 0. The monoisotopic (exact) mass is 306 g/mol. The molecule has 1 rings (SSSR count). The van der Waals surface area contributed by atoms with Gasteiger partial charge in [0.25, 0.3) is 5.69 Å². The van der Waals surface area contributed by atoms with Crippen molar-refractivity contribution in [3.63, 3.8) is 0 Å². The first kappa shape index (κ1) is 16.6. The van der Waals surface area contributed by atoms with E-state index in [1.165, 1.54) is 5.18 Å². The molecule has 0 aromatic heterocycles. The van der Waals surface area contributed by atoms with E-state index in [9.17, 15) is 27.7 Å². The number of benzene rings is 1. The van der Waals surface area contributed by atoms with Gasteiger partial charge in [0.05, 0.1) is 25.3 Å². The maximum absolute atomic E-state index is 12.6. The second-order valence-corrected chi connectivity index (χ2v) is 3.88. The van der Waals surface area contributed by atoms with Gasteiger partial charge in [-0.05, 0) is 6.07 Å². The van der Waals surface area contributed by atoms with Crippen LogP contribution in [0.1, 0.15) is 17.0 Å². The van der Waals surface area contributed by atoms with Crippen molar-refractivity contribution in [3.05, 3.63) is 34.2 Å². The summed E-state index contributed by atoms with van der Waals surface area (Å²) in [5, 5.41) is 1.28. The summed E-state index contributed by atoms with van der Waals surface area (Å²) in [6, 6.07) is 2.00. The van der Waals surface area contributed by atoms with Crippen LogP contribution >= 0.6 is 0 Å². The van der Waals surface area contributed by atoms with Crippen molar-refractivity contribution in [2.24, 2.45) is 0 Å². The van der Waals surface area contributed by atoms with E-state index in [0.717, 1.165) is 20.3 Å². The molecule has 0 aliphatic rings. The maximum Gasteiger partial charge on any atom is 0.416 e. The Morgan fingerprint density at radius 3 is 2.05 bits per heavy atom. The van der Waals surface area contributed by atoms with E-state index in [4.69, 9.17) is 0 Å². The molecule has 0 bridgehead atoms. The molecule has 0 heterocycles. The normalized spacial score (nSPS) is 11.1. The third kappa shape index (κ3) is 3.56. The van der Waals surface area contributed by atoms with Gasteiger partial charge in [-0.3, -0.25) is 9.59 Å². The number of carbonyl (C=O) groups excluding carboxylic acids is 2. The lowest BCUT2D eigenvalue weighted by molar-refractivity contribution is -0.380. The van der Waals surface area contributed by atoms with Crippen LogP contribution in [-0.2, 0) is 25.2 Å². The van der Waals surface area contributed by atoms with Crippen LogP contribution in [0.4, 0.5) is 18.9 Å². The number of hydrogen-bond acceptors (Lipinski definition) is 5. The number of esters is 2. The Kier molecular flexibility index (Phi) is 5.01. The lowest BCUT2D eigenvalue weighted by Crippen LogP contribution is -2.57. The molecule has 0 radical (unpaired) electrons.